The van der Waals surface area contributed by atoms with Crippen LogP contribution in [0.25, 0.3) is 0 Å². The number of hydrogen-bond donors (Lipinski definition) is 0. The molecule has 3 aromatic carbocycles. The van der Waals surface area contributed by atoms with E-state index in [9.17, 15) is 31.9 Å². The second kappa shape index (κ2) is 9.67. The summed E-state index contributed by atoms with van der Waals surface area (Å²) in [4.78, 5) is 39.6. The first-order chi connectivity index (χ1) is 19.3. The van der Waals surface area contributed by atoms with Crippen LogP contribution in [0.5, 0.6) is 0 Å². The van der Waals surface area contributed by atoms with Crippen molar-refractivity contribution in [3.05, 3.63) is 101 Å². The van der Waals surface area contributed by atoms with Crippen LogP contribution >= 0.6 is 0 Å². The zero-order valence-corrected chi connectivity index (χ0v) is 20.4. The normalized spacial score (nSPS) is 21.9. The molecule has 6 rings (SSSR count). The molecule has 0 aliphatic carbocycles. The molecular weight excluding hydrogens is 532 g/mol. The minimum absolute atomic E-state index is 0.0100. The minimum Gasteiger partial charge on any atom is -0.271 e. The summed E-state index contributed by atoms with van der Waals surface area (Å²) in [6.45, 7) is -0.561. The van der Waals surface area contributed by atoms with Crippen molar-refractivity contribution in [2.45, 2.75) is 24.5 Å². The summed E-state index contributed by atoms with van der Waals surface area (Å²) in [6, 6.07) is 14.8. The maximum Gasteiger partial charge on any atom is 0.264 e. The fourth-order valence-corrected chi connectivity index (χ4v) is 5.02. The van der Waals surface area contributed by atoms with E-state index < -0.39 is 71.3 Å². The Bertz CT molecular complexity index is 1570. The van der Waals surface area contributed by atoms with Crippen LogP contribution in [0.3, 0.4) is 0 Å². The lowest BCUT2D eigenvalue weighted by Crippen LogP contribution is -2.45. The van der Waals surface area contributed by atoms with Crippen molar-refractivity contribution in [1.82, 2.24) is 10.0 Å². The van der Waals surface area contributed by atoms with E-state index in [-0.39, 0.29) is 11.0 Å². The quantitative estimate of drug-likeness (QED) is 0.273. The van der Waals surface area contributed by atoms with E-state index in [4.69, 9.17) is 0 Å². The molecule has 0 aromatic heterocycles. The summed E-state index contributed by atoms with van der Waals surface area (Å²) in [5.74, 6) is -10.4. The SMILES string of the molecule is O=C1[C@H]2N=NN(CC(=O)N3N=C(c4ccccc4)C[C@H]3c3ccccc3)[C@@H]2C(=O)N1c1c(F)c(F)cc(F)c1F. The highest BCUT2D eigenvalue weighted by Gasteiger charge is 2.57. The van der Waals surface area contributed by atoms with E-state index in [1.54, 1.807) is 0 Å². The molecule has 1 fully saturated rings. The Morgan fingerprint density at radius 2 is 1.50 bits per heavy atom. The molecule has 3 aliphatic rings. The zero-order valence-electron chi connectivity index (χ0n) is 20.4. The van der Waals surface area contributed by atoms with Gasteiger partial charge in [-0.3, -0.25) is 19.4 Å². The van der Waals surface area contributed by atoms with Crippen molar-refractivity contribution < 1.29 is 31.9 Å². The Hall–Kier alpha value is -4.94. The fraction of sp³-hybridized carbons (Fsp3) is 0.185. The van der Waals surface area contributed by atoms with Crippen molar-refractivity contribution in [2.75, 3.05) is 11.4 Å². The van der Waals surface area contributed by atoms with Gasteiger partial charge in [-0.1, -0.05) is 65.9 Å². The van der Waals surface area contributed by atoms with Crippen LogP contribution < -0.4 is 4.90 Å². The molecule has 0 spiro atoms. The van der Waals surface area contributed by atoms with E-state index in [1.165, 1.54) is 5.01 Å². The van der Waals surface area contributed by atoms with Crippen LogP contribution in [0, 0.1) is 23.3 Å². The fourth-order valence-electron chi connectivity index (χ4n) is 5.02. The maximum atomic E-state index is 14.4. The van der Waals surface area contributed by atoms with Crippen LogP contribution in [0.4, 0.5) is 23.2 Å². The summed E-state index contributed by atoms with van der Waals surface area (Å²) in [7, 11) is 0. The number of carbonyl (C=O) groups is 3. The molecule has 40 heavy (non-hydrogen) atoms. The Kier molecular flexibility index (Phi) is 6.12. The van der Waals surface area contributed by atoms with Gasteiger partial charge in [-0.05, 0) is 11.1 Å². The number of fused-ring (bicyclic) bond motifs is 1. The molecule has 202 valence electrons. The molecular formula is C27H18F4N6O3. The number of rotatable bonds is 5. The molecule has 0 radical (unpaired) electrons. The van der Waals surface area contributed by atoms with E-state index in [0.717, 1.165) is 16.1 Å². The molecule has 3 amide bonds. The van der Waals surface area contributed by atoms with Gasteiger partial charge in [0, 0.05) is 12.5 Å². The third kappa shape index (κ3) is 4.01. The van der Waals surface area contributed by atoms with Gasteiger partial charge in [0.2, 0.25) is 0 Å². The van der Waals surface area contributed by atoms with Crippen molar-refractivity contribution >= 4 is 29.1 Å². The van der Waals surface area contributed by atoms with Crippen LogP contribution in [0.15, 0.2) is 82.2 Å². The Balaban J connectivity index is 1.28. The van der Waals surface area contributed by atoms with E-state index in [2.05, 4.69) is 15.4 Å². The first kappa shape index (κ1) is 25.3. The van der Waals surface area contributed by atoms with Crippen molar-refractivity contribution in [3.8, 4) is 0 Å². The highest BCUT2D eigenvalue weighted by Crippen LogP contribution is 2.37. The molecule has 0 unspecified atom stereocenters. The molecule has 9 nitrogen and oxygen atoms in total. The molecule has 3 atom stereocenters. The van der Waals surface area contributed by atoms with Gasteiger partial charge in [-0.15, -0.1) is 0 Å². The smallest absolute Gasteiger partial charge is 0.264 e. The third-order valence-corrected chi connectivity index (χ3v) is 6.92. The second-order valence-electron chi connectivity index (χ2n) is 9.30. The summed E-state index contributed by atoms with van der Waals surface area (Å²) >= 11 is 0. The lowest BCUT2D eigenvalue weighted by atomic mass is 9.98. The predicted octanol–water partition coefficient (Wildman–Crippen LogP) is 3.91. The summed E-state index contributed by atoms with van der Waals surface area (Å²) in [5.41, 5.74) is 0.798. The lowest BCUT2D eigenvalue weighted by Gasteiger charge is -2.25. The molecule has 3 aromatic rings. The van der Waals surface area contributed by atoms with E-state index in [0.29, 0.717) is 12.1 Å². The zero-order chi connectivity index (χ0) is 28.1. The Labute approximate surface area is 224 Å². The minimum atomic E-state index is -1.91. The van der Waals surface area contributed by atoms with Gasteiger partial charge in [0.1, 0.15) is 12.2 Å². The van der Waals surface area contributed by atoms with Gasteiger partial charge in [0.25, 0.3) is 17.7 Å². The van der Waals surface area contributed by atoms with Gasteiger partial charge >= 0.3 is 0 Å². The topological polar surface area (TPSA) is 98.0 Å². The molecule has 13 heteroatoms. The number of anilines is 1. The van der Waals surface area contributed by atoms with Gasteiger partial charge in [0.05, 0.1) is 11.8 Å². The molecule has 0 saturated carbocycles. The number of imide groups is 1. The Morgan fingerprint density at radius 1 is 0.875 bits per heavy atom. The number of carbonyl (C=O) groups excluding carboxylic acids is 3. The van der Waals surface area contributed by atoms with Crippen LogP contribution in [0.2, 0.25) is 0 Å². The molecule has 0 N–H and O–H groups in total. The molecule has 3 aliphatic heterocycles. The van der Waals surface area contributed by atoms with E-state index >= 15 is 0 Å². The van der Waals surface area contributed by atoms with Crippen molar-refractivity contribution in [3.63, 3.8) is 0 Å². The molecule has 1 saturated heterocycles. The van der Waals surface area contributed by atoms with Gasteiger partial charge in [0.15, 0.2) is 35.4 Å². The maximum absolute atomic E-state index is 14.4. The number of hydrogen-bond acceptors (Lipinski definition) is 7. The molecule has 0 bridgehead atoms. The third-order valence-electron chi connectivity index (χ3n) is 6.92. The lowest BCUT2D eigenvalue weighted by molar-refractivity contribution is -0.135. The van der Waals surface area contributed by atoms with Crippen LogP contribution in [-0.4, -0.2) is 52.1 Å². The first-order valence-corrected chi connectivity index (χ1v) is 12.1. The van der Waals surface area contributed by atoms with Crippen molar-refractivity contribution in [2.24, 2.45) is 15.4 Å². The number of amides is 3. The summed E-state index contributed by atoms with van der Waals surface area (Å²) in [5, 5.41) is 14.2. The largest absolute Gasteiger partial charge is 0.271 e. The van der Waals surface area contributed by atoms with Crippen molar-refractivity contribution in [1.29, 1.82) is 0 Å². The number of hydrazone groups is 1. The number of nitrogens with zero attached hydrogens (tertiary/aromatic N) is 6. The van der Waals surface area contributed by atoms with E-state index in [1.807, 2.05) is 60.7 Å². The molecule has 3 heterocycles. The predicted molar refractivity (Wildman–Crippen MR) is 132 cm³/mol. The Morgan fingerprint density at radius 3 is 2.15 bits per heavy atom. The van der Waals surface area contributed by atoms with Gasteiger partial charge in [-0.25, -0.2) is 27.5 Å². The van der Waals surface area contributed by atoms with Crippen LogP contribution in [0.1, 0.15) is 23.6 Å². The highest BCUT2D eigenvalue weighted by molar-refractivity contribution is 6.25. The number of benzene rings is 3. The first-order valence-electron chi connectivity index (χ1n) is 12.1. The average molecular weight is 550 g/mol. The van der Waals surface area contributed by atoms with Gasteiger partial charge < -0.3 is 0 Å². The van der Waals surface area contributed by atoms with Gasteiger partial charge in [-0.2, -0.15) is 10.2 Å². The monoisotopic (exact) mass is 550 g/mol. The summed E-state index contributed by atoms with van der Waals surface area (Å²) < 4.78 is 56.5. The summed E-state index contributed by atoms with van der Waals surface area (Å²) in [6.07, 6.45) is 0.405. The second-order valence-corrected chi connectivity index (χ2v) is 9.30. The highest BCUT2D eigenvalue weighted by atomic mass is 19.2. The average Bonchev–Trinajstić information content (AvgIpc) is 3.65. The number of halogens is 4. The standard InChI is InChI=1S/C27H18F4N6O3/c28-16-11-17(29)22(31)24(21(16)30)36-26(39)23-25(27(36)40)35(34-32-23)13-20(38)37-19(15-9-5-2-6-10-15)12-18(33-37)14-7-3-1-4-8-14/h1-11,19,23,25H,12-13H2/t19-,23-,25-/m0/s1. The van der Waals surface area contributed by atoms with Crippen LogP contribution in [-0.2, 0) is 14.4 Å².